The molecule has 11 heavy (non-hydrogen) atoms. The van der Waals surface area contributed by atoms with Gasteiger partial charge in [-0.1, -0.05) is 13.2 Å². The average molecular weight is 196 g/mol. The fourth-order valence-corrected chi connectivity index (χ4v) is 0.774. The topological polar surface area (TPSA) is 0 Å². The third-order valence-electron chi connectivity index (χ3n) is 1.25. The van der Waals surface area contributed by atoms with Gasteiger partial charge in [0.05, 0.1) is 27.2 Å². The first-order valence-corrected chi connectivity index (χ1v) is 3.16. The SMILES string of the molecule is C=CC[N+](C)(C)CC=C.S.[Cl-]. The monoisotopic (exact) mass is 195 g/mol. The molecule has 0 unspecified atom stereocenters. The zero-order valence-electron chi connectivity index (χ0n) is 7.31. The van der Waals surface area contributed by atoms with Crippen LogP contribution in [0.5, 0.6) is 0 Å². The van der Waals surface area contributed by atoms with Crippen LogP contribution in [0.1, 0.15) is 0 Å². The predicted molar refractivity (Wildman–Crippen MR) is 52.6 cm³/mol. The molecule has 0 aliphatic carbocycles. The van der Waals surface area contributed by atoms with Crippen molar-refractivity contribution >= 4 is 13.5 Å². The zero-order valence-corrected chi connectivity index (χ0v) is 9.06. The number of hydrogen-bond acceptors (Lipinski definition) is 0. The van der Waals surface area contributed by atoms with E-state index in [2.05, 4.69) is 27.3 Å². The van der Waals surface area contributed by atoms with Crippen LogP contribution >= 0.6 is 13.5 Å². The molecular formula is C8H18ClNS. The van der Waals surface area contributed by atoms with Gasteiger partial charge in [-0.2, -0.15) is 13.5 Å². The third-order valence-corrected chi connectivity index (χ3v) is 1.25. The molecule has 1 nitrogen and oxygen atoms in total. The van der Waals surface area contributed by atoms with Crippen LogP contribution in [-0.2, 0) is 0 Å². The standard InChI is InChI=1S/C8H16N.ClH.H2S/c1-5-7-9(3,4)8-6-2;;/h5-6H,1-2,7-8H2,3-4H3;1H;1H2/q+1;;/p-1. The molecule has 0 saturated heterocycles. The van der Waals surface area contributed by atoms with E-state index in [1.807, 2.05) is 12.2 Å². The fraction of sp³-hybridized carbons (Fsp3) is 0.500. The Labute approximate surface area is 83.2 Å². The minimum Gasteiger partial charge on any atom is -1.00 e. The summed E-state index contributed by atoms with van der Waals surface area (Å²) >= 11 is 0. The molecule has 3 heteroatoms. The van der Waals surface area contributed by atoms with Gasteiger partial charge in [0.15, 0.2) is 0 Å². The molecule has 0 aromatic carbocycles. The Morgan fingerprint density at radius 3 is 1.55 bits per heavy atom. The van der Waals surface area contributed by atoms with Crippen molar-refractivity contribution in [3.05, 3.63) is 25.3 Å². The highest BCUT2D eigenvalue weighted by molar-refractivity contribution is 7.59. The lowest BCUT2D eigenvalue weighted by Crippen LogP contribution is -3.00. The van der Waals surface area contributed by atoms with Crippen molar-refractivity contribution in [2.24, 2.45) is 0 Å². The summed E-state index contributed by atoms with van der Waals surface area (Å²) in [4.78, 5) is 0. The predicted octanol–water partition coefficient (Wildman–Crippen LogP) is -1.45. The van der Waals surface area contributed by atoms with Crippen LogP contribution in [0.3, 0.4) is 0 Å². The number of likely N-dealkylation sites (N-methyl/N-ethyl adjacent to an activating group) is 1. The van der Waals surface area contributed by atoms with Gasteiger partial charge in [-0.15, -0.1) is 0 Å². The van der Waals surface area contributed by atoms with Crippen molar-refractivity contribution in [3.63, 3.8) is 0 Å². The Morgan fingerprint density at radius 2 is 1.36 bits per heavy atom. The second-order valence-electron chi connectivity index (χ2n) is 2.88. The summed E-state index contributed by atoms with van der Waals surface area (Å²) in [5, 5.41) is 0. The molecule has 0 heterocycles. The van der Waals surface area contributed by atoms with Crippen LogP contribution < -0.4 is 12.4 Å². The molecule has 68 valence electrons. The summed E-state index contributed by atoms with van der Waals surface area (Å²) < 4.78 is 0.951. The summed E-state index contributed by atoms with van der Waals surface area (Å²) in [6.45, 7) is 9.37. The molecule has 0 aromatic heterocycles. The van der Waals surface area contributed by atoms with Crippen LogP contribution in [0, 0.1) is 0 Å². The van der Waals surface area contributed by atoms with Crippen molar-refractivity contribution in [1.82, 2.24) is 0 Å². The molecule has 0 radical (unpaired) electrons. The van der Waals surface area contributed by atoms with Gasteiger partial charge in [-0.25, -0.2) is 0 Å². The maximum absolute atomic E-state index is 3.68. The van der Waals surface area contributed by atoms with E-state index in [-0.39, 0.29) is 25.9 Å². The number of halogens is 1. The highest BCUT2D eigenvalue weighted by atomic mass is 35.5. The summed E-state index contributed by atoms with van der Waals surface area (Å²) in [6, 6.07) is 0. The molecule has 0 fully saturated rings. The largest absolute Gasteiger partial charge is 1.00 e. The molecule has 0 rings (SSSR count). The van der Waals surface area contributed by atoms with Crippen LogP contribution in [0.25, 0.3) is 0 Å². The maximum Gasteiger partial charge on any atom is 0.0969 e. The van der Waals surface area contributed by atoms with Crippen LogP contribution in [-0.4, -0.2) is 31.7 Å². The van der Waals surface area contributed by atoms with E-state index >= 15 is 0 Å². The van der Waals surface area contributed by atoms with Crippen LogP contribution in [0.4, 0.5) is 0 Å². The van der Waals surface area contributed by atoms with E-state index in [1.165, 1.54) is 0 Å². The molecule has 0 amide bonds. The lowest BCUT2D eigenvalue weighted by Gasteiger charge is -2.26. The molecule has 0 aromatic rings. The second-order valence-corrected chi connectivity index (χ2v) is 2.88. The Bertz CT molecular complexity index is 101. The van der Waals surface area contributed by atoms with Crippen molar-refractivity contribution < 1.29 is 16.9 Å². The Morgan fingerprint density at radius 1 is 1.09 bits per heavy atom. The van der Waals surface area contributed by atoms with Gasteiger partial charge in [-0.3, -0.25) is 0 Å². The number of quaternary nitrogens is 1. The maximum atomic E-state index is 3.68. The molecule has 0 saturated carbocycles. The van der Waals surface area contributed by atoms with E-state index in [0.717, 1.165) is 17.6 Å². The van der Waals surface area contributed by atoms with Crippen LogP contribution in [0.15, 0.2) is 25.3 Å². The van der Waals surface area contributed by atoms with Crippen LogP contribution in [0.2, 0.25) is 0 Å². The molecule has 0 aliphatic heterocycles. The minimum absolute atomic E-state index is 0. The van der Waals surface area contributed by atoms with Crippen molar-refractivity contribution in [1.29, 1.82) is 0 Å². The lowest BCUT2D eigenvalue weighted by atomic mass is 10.4. The zero-order chi connectivity index (χ0) is 7.33. The minimum atomic E-state index is 0. The summed E-state index contributed by atoms with van der Waals surface area (Å²) in [5.41, 5.74) is 0. The van der Waals surface area contributed by atoms with Gasteiger partial charge in [0.2, 0.25) is 0 Å². The molecule has 0 bridgehead atoms. The normalized spacial score (nSPS) is 8.91. The number of nitrogens with zero attached hydrogens (tertiary/aromatic N) is 1. The van der Waals surface area contributed by atoms with E-state index in [0.29, 0.717) is 0 Å². The number of hydrogen-bond donors (Lipinski definition) is 0. The van der Waals surface area contributed by atoms with Gasteiger partial charge in [0, 0.05) is 0 Å². The molecule has 0 aliphatic rings. The van der Waals surface area contributed by atoms with Gasteiger partial charge < -0.3 is 16.9 Å². The average Bonchev–Trinajstić information content (AvgIpc) is 1.64. The third kappa shape index (κ3) is 10.1. The first-order valence-electron chi connectivity index (χ1n) is 3.16. The van der Waals surface area contributed by atoms with E-state index in [1.54, 1.807) is 0 Å². The highest BCUT2D eigenvalue weighted by Gasteiger charge is 2.07. The lowest BCUT2D eigenvalue weighted by molar-refractivity contribution is -0.878. The quantitative estimate of drug-likeness (QED) is 0.381. The van der Waals surface area contributed by atoms with E-state index < -0.39 is 0 Å². The van der Waals surface area contributed by atoms with Gasteiger partial charge in [0.1, 0.15) is 0 Å². The Hall–Kier alpha value is 0.0800. The van der Waals surface area contributed by atoms with Gasteiger partial charge in [-0.05, 0) is 12.2 Å². The van der Waals surface area contributed by atoms with Crippen molar-refractivity contribution in [3.8, 4) is 0 Å². The second kappa shape index (κ2) is 8.18. The van der Waals surface area contributed by atoms with Gasteiger partial charge >= 0.3 is 0 Å². The molecule has 0 atom stereocenters. The van der Waals surface area contributed by atoms with E-state index in [4.69, 9.17) is 0 Å². The first kappa shape index (κ1) is 17.2. The number of rotatable bonds is 4. The summed E-state index contributed by atoms with van der Waals surface area (Å²) in [5.74, 6) is 0. The van der Waals surface area contributed by atoms with Gasteiger partial charge in [0.25, 0.3) is 0 Å². The smallest absolute Gasteiger partial charge is 0.0969 e. The summed E-state index contributed by atoms with van der Waals surface area (Å²) in [6.07, 6.45) is 3.87. The highest BCUT2D eigenvalue weighted by Crippen LogP contribution is 1.95. The van der Waals surface area contributed by atoms with Crippen molar-refractivity contribution in [2.45, 2.75) is 0 Å². The first-order chi connectivity index (χ1) is 4.12. The molecular weight excluding hydrogens is 178 g/mol. The fourth-order valence-electron chi connectivity index (χ4n) is 0.774. The van der Waals surface area contributed by atoms with Crippen molar-refractivity contribution in [2.75, 3.05) is 27.2 Å². The molecule has 0 N–H and O–H groups in total. The Balaban J connectivity index is -0.000000320. The molecule has 0 spiro atoms. The summed E-state index contributed by atoms with van der Waals surface area (Å²) in [7, 11) is 4.31. The van der Waals surface area contributed by atoms with E-state index in [9.17, 15) is 0 Å². The Kier molecular flexibility index (Phi) is 12.8.